The third-order valence-corrected chi connectivity index (χ3v) is 4.89. The molecular formula is C18H10Cl2N2OS. The number of carbonyl (C=O) groups excluding carboxylic acids is 1. The minimum absolute atomic E-state index is 0.317. The lowest BCUT2D eigenvalue weighted by Gasteiger charge is -2.00. The molecule has 0 saturated carbocycles. The first-order valence-corrected chi connectivity index (χ1v) is 8.57. The van der Waals surface area contributed by atoms with E-state index in [0.717, 1.165) is 10.3 Å². The fourth-order valence-electron chi connectivity index (χ4n) is 2.17. The lowest BCUT2D eigenvalue weighted by atomic mass is 10.1. The van der Waals surface area contributed by atoms with Crippen molar-refractivity contribution in [2.24, 2.45) is 0 Å². The Morgan fingerprint density at radius 3 is 2.75 bits per heavy atom. The summed E-state index contributed by atoms with van der Waals surface area (Å²) in [4.78, 5) is 16.7. The van der Waals surface area contributed by atoms with Gasteiger partial charge in [0.25, 0.3) is 0 Å². The van der Waals surface area contributed by atoms with Crippen LogP contribution in [0.25, 0.3) is 16.3 Å². The maximum absolute atomic E-state index is 12.4. The van der Waals surface area contributed by atoms with Crippen LogP contribution < -0.4 is 0 Å². The van der Waals surface area contributed by atoms with Gasteiger partial charge in [-0.25, -0.2) is 4.98 Å². The number of thiazole rings is 1. The van der Waals surface area contributed by atoms with E-state index in [1.165, 1.54) is 17.4 Å². The first-order valence-electron chi connectivity index (χ1n) is 7.00. The average molecular weight is 373 g/mol. The van der Waals surface area contributed by atoms with Gasteiger partial charge in [-0.2, -0.15) is 5.26 Å². The number of aromatic nitrogens is 1. The Balaban J connectivity index is 1.87. The van der Waals surface area contributed by atoms with Crippen LogP contribution in [0.15, 0.2) is 48.5 Å². The number of benzene rings is 2. The van der Waals surface area contributed by atoms with Crippen molar-refractivity contribution >= 4 is 56.6 Å². The summed E-state index contributed by atoms with van der Waals surface area (Å²) in [5, 5.41) is 11.0. The second kappa shape index (κ2) is 7.14. The van der Waals surface area contributed by atoms with Crippen molar-refractivity contribution in [1.29, 1.82) is 5.26 Å². The zero-order valence-electron chi connectivity index (χ0n) is 12.2. The minimum Gasteiger partial charge on any atom is -0.293 e. The van der Waals surface area contributed by atoms with Crippen LogP contribution in [0, 0.1) is 11.3 Å². The lowest BCUT2D eigenvalue weighted by Crippen LogP contribution is -2.07. The van der Waals surface area contributed by atoms with E-state index < -0.39 is 5.92 Å². The molecule has 0 bridgehead atoms. The first kappa shape index (κ1) is 16.7. The molecule has 1 unspecified atom stereocenters. The van der Waals surface area contributed by atoms with E-state index in [1.54, 1.807) is 36.4 Å². The predicted octanol–water partition coefficient (Wildman–Crippen LogP) is 5.49. The van der Waals surface area contributed by atoms with Gasteiger partial charge in [0, 0.05) is 10.0 Å². The van der Waals surface area contributed by atoms with E-state index in [0.29, 0.717) is 20.6 Å². The molecule has 1 heterocycles. The molecule has 118 valence electrons. The summed E-state index contributed by atoms with van der Waals surface area (Å²) in [5.74, 6) is -1.25. The van der Waals surface area contributed by atoms with E-state index in [9.17, 15) is 10.1 Å². The highest BCUT2D eigenvalue weighted by Gasteiger charge is 2.22. The Bertz CT molecular complexity index is 988. The molecule has 3 aromatic rings. The highest BCUT2D eigenvalue weighted by molar-refractivity contribution is 7.18. The molecule has 24 heavy (non-hydrogen) atoms. The fraction of sp³-hybridized carbons (Fsp3) is 0.0556. The SMILES string of the molecule is N#CC(C(=O)/C=C/c1cccc(Cl)c1)c1nc2cc(Cl)ccc2s1. The molecule has 0 N–H and O–H groups in total. The quantitative estimate of drug-likeness (QED) is 0.568. The van der Waals surface area contributed by atoms with Crippen molar-refractivity contribution in [2.45, 2.75) is 5.92 Å². The van der Waals surface area contributed by atoms with Crippen molar-refractivity contribution in [3.63, 3.8) is 0 Å². The first-order chi connectivity index (χ1) is 11.6. The summed E-state index contributed by atoms with van der Waals surface area (Å²) in [6.45, 7) is 0. The number of carbonyl (C=O) groups is 1. The maximum atomic E-state index is 12.4. The van der Waals surface area contributed by atoms with Crippen LogP contribution in [-0.2, 0) is 4.79 Å². The highest BCUT2D eigenvalue weighted by Crippen LogP contribution is 2.30. The molecule has 0 radical (unpaired) electrons. The number of ketones is 1. The molecule has 0 aliphatic rings. The van der Waals surface area contributed by atoms with Crippen LogP contribution in [0.2, 0.25) is 10.0 Å². The molecule has 2 aromatic carbocycles. The predicted molar refractivity (Wildman–Crippen MR) is 98.5 cm³/mol. The summed E-state index contributed by atoms with van der Waals surface area (Å²) in [6.07, 6.45) is 3.03. The molecule has 6 heteroatoms. The fourth-order valence-corrected chi connectivity index (χ4v) is 3.53. The van der Waals surface area contributed by atoms with Crippen LogP contribution in [0.4, 0.5) is 0 Å². The Morgan fingerprint density at radius 1 is 1.21 bits per heavy atom. The van der Waals surface area contributed by atoms with Gasteiger partial charge in [-0.05, 0) is 42.0 Å². The van der Waals surface area contributed by atoms with Gasteiger partial charge < -0.3 is 0 Å². The monoisotopic (exact) mass is 372 g/mol. The van der Waals surface area contributed by atoms with Crippen molar-refractivity contribution < 1.29 is 4.79 Å². The van der Waals surface area contributed by atoms with Crippen molar-refractivity contribution in [2.75, 3.05) is 0 Å². The maximum Gasteiger partial charge on any atom is 0.179 e. The van der Waals surface area contributed by atoms with Crippen molar-refractivity contribution in [1.82, 2.24) is 4.98 Å². The molecule has 0 aliphatic heterocycles. The number of halogens is 2. The smallest absolute Gasteiger partial charge is 0.179 e. The van der Waals surface area contributed by atoms with Gasteiger partial charge in [0.2, 0.25) is 0 Å². The molecule has 3 nitrogen and oxygen atoms in total. The number of allylic oxidation sites excluding steroid dienone is 1. The molecule has 0 saturated heterocycles. The molecule has 0 fully saturated rings. The largest absolute Gasteiger partial charge is 0.293 e. The van der Waals surface area contributed by atoms with Gasteiger partial charge in [-0.15, -0.1) is 11.3 Å². The van der Waals surface area contributed by atoms with Crippen LogP contribution >= 0.6 is 34.5 Å². The van der Waals surface area contributed by atoms with Gasteiger partial charge in [-0.3, -0.25) is 4.79 Å². The van der Waals surface area contributed by atoms with E-state index >= 15 is 0 Å². The summed E-state index contributed by atoms with van der Waals surface area (Å²) in [5.41, 5.74) is 1.48. The van der Waals surface area contributed by atoms with Crippen LogP contribution in [0.5, 0.6) is 0 Å². The molecule has 1 aromatic heterocycles. The number of nitriles is 1. The Morgan fingerprint density at radius 2 is 2.00 bits per heavy atom. The molecule has 3 rings (SSSR count). The third kappa shape index (κ3) is 3.65. The highest BCUT2D eigenvalue weighted by atomic mass is 35.5. The van der Waals surface area contributed by atoms with E-state index in [1.807, 2.05) is 18.2 Å². The summed E-state index contributed by atoms with van der Waals surface area (Å²) < 4.78 is 0.890. The van der Waals surface area contributed by atoms with Gasteiger partial charge in [-0.1, -0.05) is 41.4 Å². The van der Waals surface area contributed by atoms with Crippen LogP contribution in [-0.4, -0.2) is 10.8 Å². The zero-order valence-corrected chi connectivity index (χ0v) is 14.6. The van der Waals surface area contributed by atoms with Gasteiger partial charge >= 0.3 is 0 Å². The van der Waals surface area contributed by atoms with E-state index in [2.05, 4.69) is 4.98 Å². The normalized spacial score (nSPS) is 12.4. The average Bonchev–Trinajstić information content (AvgIpc) is 2.96. The number of hydrogen-bond donors (Lipinski definition) is 0. The Hall–Kier alpha value is -2.19. The number of rotatable bonds is 4. The van der Waals surface area contributed by atoms with E-state index in [-0.39, 0.29) is 5.78 Å². The van der Waals surface area contributed by atoms with Gasteiger partial charge in [0.05, 0.1) is 16.3 Å². The van der Waals surface area contributed by atoms with E-state index in [4.69, 9.17) is 23.2 Å². The Labute approximate surface area is 152 Å². The molecular weight excluding hydrogens is 363 g/mol. The summed E-state index contributed by atoms with van der Waals surface area (Å²) >= 11 is 13.2. The van der Waals surface area contributed by atoms with Gasteiger partial charge in [0.1, 0.15) is 5.01 Å². The van der Waals surface area contributed by atoms with Crippen LogP contribution in [0.1, 0.15) is 16.5 Å². The van der Waals surface area contributed by atoms with Gasteiger partial charge in [0.15, 0.2) is 11.7 Å². The lowest BCUT2D eigenvalue weighted by molar-refractivity contribution is -0.114. The topological polar surface area (TPSA) is 53.8 Å². The van der Waals surface area contributed by atoms with Crippen molar-refractivity contribution in [3.8, 4) is 6.07 Å². The summed E-state index contributed by atoms with van der Waals surface area (Å²) in [6, 6.07) is 14.5. The molecule has 0 aliphatic carbocycles. The number of hydrogen-bond acceptors (Lipinski definition) is 4. The second-order valence-corrected chi connectivity index (χ2v) is 6.95. The molecule has 0 amide bonds. The number of nitrogens with zero attached hydrogens (tertiary/aromatic N) is 2. The second-order valence-electron chi connectivity index (χ2n) is 5.02. The standard InChI is InChI=1S/C18H10Cl2N2OS/c19-12-3-1-2-11(8-12)4-6-16(23)14(10-21)18-22-15-9-13(20)5-7-17(15)24-18/h1-9,14H/b6-4+. The Kier molecular flexibility index (Phi) is 4.96. The van der Waals surface area contributed by atoms with Crippen LogP contribution in [0.3, 0.4) is 0 Å². The minimum atomic E-state index is -0.934. The molecule has 1 atom stereocenters. The zero-order chi connectivity index (χ0) is 17.1. The van der Waals surface area contributed by atoms with Crippen molar-refractivity contribution in [3.05, 3.63) is 69.2 Å². The number of fused-ring (bicyclic) bond motifs is 1. The molecule has 0 spiro atoms. The third-order valence-electron chi connectivity index (χ3n) is 3.32. The summed E-state index contributed by atoms with van der Waals surface area (Å²) in [7, 11) is 0.